The fourth-order valence-corrected chi connectivity index (χ4v) is 8.09. The molecule has 64 heavy (non-hydrogen) atoms. The Kier molecular flexibility index (Phi) is 16.9. The van der Waals surface area contributed by atoms with Crippen LogP contribution in [0.2, 0.25) is 0 Å². The van der Waals surface area contributed by atoms with Crippen molar-refractivity contribution in [3.8, 4) is 0 Å². The maximum atomic E-state index is 11.8. The van der Waals surface area contributed by atoms with Crippen molar-refractivity contribution < 1.29 is 47.7 Å². The van der Waals surface area contributed by atoms with Crippen molar-refractivity contribution in [2.75, 3.05) is 6.61 Å². The fraction of sp³-hybridized carbons (Fsp3) is 0.333. The zero-order valence-electron chi connectivity index (χ0n) is 36.2. The summed E-state index contributed by atoms with van der Waals surface area (Å²) in [5.74, 6) is 0. The number of aliphatic hydroxyl groups is 1. The van der Waals surface area contributed by atoms with Crippen LogP contribution in [-0.2, 0) is 82.3 Å². The van der Waals surface area contributed by atoms with E-state index in [9.17, 15) is 5.11 Å². The third-order valence-corrected chi connectivity index (χ3v) is 11.5. The summed E-state index contributed by atoms with van der Waals surface area (Å²) in [7, 11) is 0. The normalized spacial score (nSPS) is 25.8. The molecule has 2 saturated heterocycles. The molecule has 0 aliphatic carbocycles. The first-order valence-corrected chi connectivity index (χ1v) is 22.1. The van der Waals surface area contributed by atoms with Gasteiger partial charge in [0, 0.05) is 0 Å². The lowest BCUT2D eigenvalue weighted by molar-refractivity contribution is -0.345. The number of benzene rings is 6. The van der Waals surface area contributed by atoms with Crippen molar-refractivity contribution in [3.63, 3.8) is 0 Å². The lowest BCUT2D eigenvalue weighted by Crippen LogP contribution is -2.63. The molecule has 0 bridgehead atoms. The van der Waals surface area contributed by atoms with Crippen LogP contribution in [0.4, 0.5) is 0 Å². The average Bonchev–Trinajstić information content (AvgIpc) is 3.35. The van der Waals surface area contributed by atoms with Gasteiger partial charge in [0.05, 0.1) is 52.4 Å². The molecular formula is C54H58O10. The van der Waals surface area contributed by atoms with Crippen LogP contribution in [0.5, 0.6) is 0 Å². The molecule has 334 valence electrons. The SMILES string of the molecule is C[C@@H]1O[C@H](OC[C@H]2O[C@@H](O)[C@H](OCc3ccccc3)[C@@H](OCc3ccccc3)[C@@H]2OCc2ccccc2)[C@H](OCc2ccccc2)[C@H](OCc2ccccc2)[C@H]1OCc1ccccc1. The van der Waals surface area contributed by atoms with Gasteiger partial charge in [-0.25, -0.2) is 0 Å². The Labute approximate surface area is 376 Å². The van der Waals surface area contributed by atoms with E-state index in [4.69, 9.17) is 42.6 Å². The monoisotopic (exact) mass is 866 g/mol. The number of hydrogen-bond donors (Lipinski definition) is 1. The van der Waals surface area contributed by atoms with E-state index >= 15 is 0 Å². The Morgan fingerprint density at radius 2 is 0.641 bits per heavy atom. The summed E-state index contributed by atoms with van der Waals surface area (Å²) >= 11 is 0. The zero-order valence-corrected chi connectivity index (χ0v) is 36.2. The third kappa shape index (κ3) is 12.8. The molecule has 0 radical (unpaired) electrons. The van der Waals surface area contributed by atoms with Gasteiger partial charge >= 0.3 is 0 Å². The Morgan fingerprint density at radius 1 is 0.344 bits per heavy atom. The van der Waals surface area contributed by atoms with Crippen molar-refractivity contribution in [2.24, 2.45) is 0 Å². The number of hydrogen-bond acceptors (Lipinski definition) is 10. The molecule has 0 spiro atoms. The lowest BCUT2D eigenvalue weighted by Gasteiger charge is -2.47. The van der Waals surface area contributed by atoms with Crippen LogP contribution < -0.4 is 0 Å². The summed E-state index contributed by atoms with van der Waals surface area (Å²) in [5.41, 5.74) is 5.90. The Hall–Kier alpha value is -5.08. The first kappa shape index (κ1) is 45.5. The predicted octanol–water partition coefficient (Wildman–Crippen LogP) is 8.98. The second-order valence-electron chi connectivity index (χ2n) is 16.2. The van der Waals surface area contributed by atoms with Gasteiger partial charge in [0.2, 0.25) is 0 Å². The van der Waals surface area contributed by atoms with Crippen molar-refractivity contribution in [3.05, 3.63) is 215 Å². The molecule has 10 atom stereocenters. The molecule has 0 aromatic heterocycles. The van der Waals surface area contributed by atoms with Crippen LogP contribution in [0.25, 0.3) is 0 Å². The van der Waals surface area contributed by atoms with E-state index in [0.29, 0.717) is 13.2 Å². The number of rotatable bonds is 21. The highest BCUT2D eigenvalue weighted by molar-refractivity contribution is 5.18. The summed E-state index contributed by atoms with van der Waals surface area (Å²) in [6.07, 6.45) is -7.86. The van der Waals surface area contributed by atoms with Crippen LogP contribution in [0.1, 0.15) is 40.3 Å². The van der Waals surface area contributed by atoms with Crippen molar-refractivity contribution in [2.45, 2.75) is 108 Å². The Bertz CT molecular complexity index is 2030. The van der Waals surface area contributed by atoms with Gasteiger partial charge in [0.1, 0.15) is 42.7 Å². The second kappa shape index (κ2) is 23.7. The van der Waals surface area contributed by atoms with E-state index in [1.165, 1.54) is 0 Å². The van der Waals surface area contributed by atoms with Gasteiger partial charge in [-0.15, -0.1) is 0 Å². The Morgan fingerprint density at radius 3 is 1.02 bits per heavy atom. The summed E-state index contributed by atoms with van der Waals surface area (Å²) in [5, 5.41) is 11.8. The van der Waals surface area contributed by atoms with E-state index in [-0.39, 0.29) is 33.0 Å². The molecule has 10 nitrogen and oxygen atoms in total. The van der Waals surface area contributed by atoms with Crippen LogP contribution in [0.15, 0.2) is 182 Å². The van der Waals surface area contributed by atoms with Gasteiger partial charge in [0.25, 0.3) is 0 Å². The van der Waals surface area contributed by atoms with E-state index in [1.54, 1.807) is 0 Å². The molecule has 0 saturated carbocycles. The quantitative estimate of drug-likeness (QED) is 0.0755. The van der Waals surface area contributed by atoms with Crippen LogP contribution in [-0.4, -0.2) is 73.1 Å². The number of ether oxygens (including phenoxy) is 9. The third-order valence-electron chi connectivity index (χ3n) is 11.5. The molecule has 2 heterocycles. The zero-order chi connectivity index (χ0) is 43.8. The van der Waals surface area contributed by atoms with Crippen LogP contribution >= 0.6 is 0 Å². The minimum Gasteiger partial charge on any atom is -0.368 e. The van der Waals surface area contributed by atoms with Crippen molar-refractivity contribution in [1.82, 2.24) is 0 Å². The van der Waals surface area contributed by atoms with Crippen LogP contribution in [0.3, 0.4) is 0 Å². The lowest BCUT2D eigenvalue weighted by atomic mass is 9.97. The second-order valence-corrected chi connectivity index (χ2v) is 16.2. The minimum absolute atomic E-state index is 0.0450. The standard InChI is InChI=1S/C54H58O10/c1-39-47(56-32-40-20-8-2-9-21-40)49(58-34-42-24-12-4-13-25-42)52(61-37-45-30-18-7-19-31-45)54(63-39)62-38-46-48(57-33-41-22-10-3-11-23-41)50(59-35-43-26-14-5-15-27-43)51(53(55)64-46)60-36-44-28-16-6-17-29-44/h2-31,39,46-55H,32-38H2,1H3/t39-,46+,47-,48+,49+,50-,51+,52+,53+,54-/m0/s1. The highest BCUT2D eigenvalue weighted by Crippen LogP contribution is 2.34. The first-order chi connectivity index (χ1) is 31.6. The summed E-state index contributed by atoms with van der Waals surface area (Å²) < 4.78 is 60.2. The summed E-state index contributed by atoms with van der Waals surface area (Å²) in [4.78, 5) is 0. The highest BCUT2D eigenvalue weighted by atomic mass is 16.7. The first-order valence-electron chi connectivity index (χ1n) is 22.1. The molecule has 2 fully saturated rings. The van der Waals surface area contributed by atoms with Gasteiger partial charge < -0.3 is 47.7 Å². The number of aliphatic hydroxyl groups excluding tert-OH is 1. The minimum atomic E-state index is -1.37. The topological polar surface area (TPSA) is 103 Å². The average molecular weight is 867 g/mol. The Balaban J connectivity index is 1.07. The molecule has 0 unspecified atom stereocenters. The molecule has 2 aliphatic heterocycles. The van der Waals surface area contributed by atoms with E-state index < -0.39 is 61.4 Å². The highest BCUT2D eigenvalue weighted by Gasteiger charge is 2.51. The molecule has 8 rings (SSSR count). The molecule has 2 aliphatic rings. The van der Waals surface area contributed by atoms with Gasteiger partial charge in [-0.05, 0) is 40.3 Å². The summed E-state index contributed by atoms with van der Waals surface area (Å²) in [6, 6.07) is 59.7. The van der Waals surface area contributed by atoms with Gasteiger partial charge in [-0.2, -0.15) is 0 Å². The van der Waals surface area contributed by atoms with Crippen molar-refractivity contribution >= 4 is 0 Å². The maximum absolute atomic E-state index is 11.8. The van der Waals surface area contributed by atoms with Gasteiger partial charge in [-0.1, -0.05) is 182 Å². The van der Waals surface area contributed by atoms with E-state index in [0.717, 1.165) is 33.4 Å². The molecule has 6 aromatic rings. The van der Waals surface area contributed by atoms with Crippen LogP contribution in [0, 0.1) is 0 Å². The fourth-order valence-electron chi connectivity index (χ4n) is 8.09. The smallest absolute Gasteiger partial charge is 0.186 e. The van der Waals surface area contributed by atoms with Gasteiger partial charge in [0.15, 0.2) is 12.6 Å². The predicted molar refractivity (Wildman–Crippen MR) is 241 cm³/mol. The van der Waals surface area contributed by atoms with E-state index in [2.05, 4.69) is 0 Å². The molecule has 0 amide bonds. The molecule has 1 N–H and O–H groups in total. The van der Waals surface area contributed by atoms with E-state index in [1.807, 2.05) is 189 Å². The maximum Gasteiger partial charge on any atom is 0.186 e. The molecular weight excluding hydrogens is 809 g/mol. The largest absolute Gasteiger partial charge is 0.368 e. The van der Waals surface area contributed by atoms with Gasteiger partial charge in [-0.3, -0.25) is 0 Å². The van der Waals surface area contributed by atoms with Crippen molar-refractivity contribution in [1.29, 1.82) is 0 Å². The molecule has 10 heteroatoms. The molecule has 6 aromatic carbocycles. The summed E-state index contributed by atoms with van der Waals surface area (Å²) in [6.45, 7) is 3.61.